The Morgan fingerprint density at radius 3 is 2.29 bits per heavy atom. The number of hydrogen-bond donors (Lipinski definition) is 1. The Hall–Kier alpha value is -1.10. The van der Waals surface area contributed by atoms with Crippen molar-refractivity contribution < 1.29 is 19.4 Å². The van der Waals surface area contributed by atoms with Crippen molar-refractivity contribution in [2.75, 3.05) is 20.3 Å². The van der Waals surface area contributed by atoms with E-state index in [0.29, 0.717) is 6.61 Å². The van der Waals surface area contributed by atoms with E-state index < -0.39 is 11.5 Å². The monoisotopic (exact) mass is 203 g/mol. The molecule has 0 aromatic rings. The molecule has 0 fully saturated rings. The summed E-state index contributed by atoms with van der Waals surface area (Å²) >= 11 is 0. The minimum Gasteiger partial charge on any atom is -0.479 e. The minimum atomic E-state index is -1.29. The highest BCUT2D eigenvalue weighted by atomic mass is 16.5. The average Bonchev–Trinajstić information content (AvgIpc) is 2.12. The highest BCUT2D eigenvalue weighted by Gasteiger charge is 2.39. The number of carbonyl (C=O) groups is 2. The second-order valence-corrected chi connectivity index (χ2v) is 3.29. The van der Waals surface area contributed by atoms with E-state index in [2.05, 4.69) is 0 Å². The number of amides is 1. The predicted octanol–water partition coefficient (Wildman–Crippen LogP) is 0.344. The summed E-state index contributed by atoms with van der Waals surface area (Å²) in [6.45, 7) is 4.99. The van der Waals surface area contributed by atoms with E-state index >= 15 is 0 Å². The summed E-state index contributed by atoms with van der Waals surface area (Å²) in [5, 5.41) is 9.00. The van der Waals surface area contributed by atoms with Crippen molar-refractivity contribution in [1.82, 2.24) is 4.90 Å². The van der Waals surface area contributed by atoms with Crippen molar-refractivity contribution in [3.05, 3.63) is 0 Å². The van der Waals surface area contributed by atoms with Crippen LogP contribution in [0.5, 0.6) is 0 Å². The molecule has 0 saturated heterocycles. The lowest BCUT2D eigenvalue weighted by Gasteiger charge is -2.33. The molecule has 0 spiro atoms. The molecule has 0 aliphatic rings. The molecular formula is C9H17NO4. The molecule has 0 aliphatic carbocycles. The summed E-state index contributed by atoms with van der Waals surface area (Å²) in [5.74, 6) is -1.36. The summed E-state index contributed by atoms with van der Waals surface area (Å²) in [7, 11) is 1.45. The van der Waals surface area contributed by atoms with Crippen LogP contribution in [0.3, 0.4) is 0 Å². The first-order chi connectivity index (χ1) is 6.36. The van der Waals surface area contributed by atoms with Crippen molar-refractivity contribution in [2.24, 2.45) is 0 Å². The lowest BCUT2D eigenvalue weighted by molar-refractivity contribution is -0.160. The van der Waals surface area contributed by atoms with Gasteiger partial charge in [-0.3, -0.25) is 4.79 Å². The topological polar surface area (TPSA) is 66.8 Å². The lowest BCUT2D eigenvalue weighted by Crippen LogP contribution is -2.55. The normalized spacial score (nSPS) is 14.6. The fraction of sp³-hybridized carbons (Fsp3) is 0.778. The lowest BCUT2D eigenvalue weighted by atomic mass is 10.0. The zero-order valence-corrected chi connectivity index (χ0v) is 9.03. The standard InChI is InChI=1S/C9H17NO4/c1-5-14-6-9(3,8(12)13)10(4)7(2)11/h5-6H2,1-4H3,(H,12,13). The second kappa shape index (κ2) is 4.95. The maximum absolute atomic E-state index is 11.1. The quantitative estimate of drug-likeness (QED) is 0.700. The number of nitrogens with zero attached hydrogens (tertiary/aromatic N) is 1. The predicted molar refractivity (Wildman–Crippen MR) is 51.0 cm³/mol. The van der Waals surface area contributed by atoms with Gasteiger partial charge in [0.15, 0.2) is 5.54 Å². The van der Waals surface area contributed by atoms with Gasteiger partial charge in [-0.25, -0.2) is 4.79 Å². The van der Waals surface area contributed by atoms with Crippen molar-refractivity contribution in [2.45, 2.75) is 26.3 Å². The third kappa shape index (κ3) is 2.70. The van der Waals surface area contributed by atoms with Gasteiger partial charge in [0.05, 0.1) is 6.61 Å². The molecule has 0 aliphatic heterocycles. The molecule has 1 amide bonds. The SMILES string of the molecule is CCOCC(C)(C(=O)O)N(C)C(C)=O. The van der Waals surface area contributed by atoms with Crippen LogP contribution in [0.25, 0.3) is 0 Å². The average molecular weight is 203 g/mol. The van der Waals surface area contributed by atoms with Gasteiger partial charge in [-0.2, -0.15) is 0 Å². The number of likely N-dealkylation sites (N-methyl/N-ethyl adjacent to an activating group) is 1. The number of hydrogen-bond acceptors (Lipinski definition) is 3. The number of ether oxygens (including phenoxy) is 1. The summed E-state index contributed by atoms with van der Waals surface area (Å²) in [4.78, 5) is 23.2. The Labute approximate surface area is 83.6 Å². The van der Waals surface area contributed by atoms with Crippen LogP contribution in [0, 0.1) is 0 Å². The minimum absolute atomic E-state index is 0.00505. The first kappa shape index (κ1) is 12.9. The fourth-order valence-electron chi connectivity index (χ4n) is 0.950. The molecule has 1 atom stereocenters. The van der Waals surface area contributed by atoms with Gasteiger partial charge in [0.2, 0.25) is 5.91 Å². The molecular weight excluding hydrogens is 186 g/mol. The van der Waals surface area contributed by atoms with Crippen LogP contribution in [0.2, 0.25) is 0 Å². The van der Waals surface area contributed by atoms with E-state index in [1.807, 2.05) is 0 Å². The zero-order valence-electron chi connectivity index (χ0n) is 9.03. The van der Waals surface area contributed by atoms with Gasteiger partial charge in [-0.1, -0.05) is 0 Å². The van der Waals surface area contributed by atoms with Crippen LogP contribution < -0.4 is 0 Å². The van der Waals surface area contributed by atoms with E-state index in [4.69, 9.17) is 9.84 Å². The van der Waals surface area contributed by atoms with Crippen molar-refractivity contribution in [3.63, 3.8) is 0 Å². The van der Waals surface area contributed by atoms with Crippen molar-refractivity contribution >= 4 is 11.9 Å². The maximum atomic E-state index is 11.1. The molecule has 5 heteroatoms. The molecule has 0 aromatic heterocycles. The highest BCUT2D eigenvalue weighted by molar-refractivity contribution is 5.85. The van der Waals surface area contributed by atoms with Crippen LogP contribution in [0.4, 0.5) is 0 Å². The van der Waals surface area contributed by atoms with Crippen molar-refractivity contribution in [1.29, 1.82) is 0 Å². The van der Waals surface area contributed by atoms with E-state index in [1.165, 1.54) is 25.8 Å². The van der Waals surface area contributed by atoms with Crippen LogP contribution >= 0.6 is 0 Å². The molecule has 0 rings (SSSR count). The Balaban J connectivity index is 4.70. The Bertz CT molecular complexity index is 229. The molecule has 1 N–H and O–H groups in total. The summed E-state index contributed by atoms with van der Waals surface area (Å²) in [6.07, 6.45) is 0. The third-order valence-corrected chi connectivity index (χ3v) is 2.26. The molecule has 0 saturated carbocycles. The number of aliphatic carboxylic acids is 1. The van der Waals surface area contributed by atoms with Gasteiger partial charge in [0.25, 0.3) is 0 Å². The van der Waals surface area contributed by atoms with E-state index in [9.17, 15) is 9.59 Å². The maximum Gasteiger partial charge on any atom is 0.331 e. The van der Waals surface area contributed by atoms with E-state index in [0.717, 1.165) is 0 Å². The summed E-state index contributed by atoms with van der Waals surface area (Å²) in [5.41, 5.74) is -1.29. The Kier molecular flexibility index (Phi) is 4.56. The second-order valence-electron chi connectivity index (χ2n) is 3.29. The smallest absolute Gasteiger partial charge is 0.331 e. The van der Waals surface area contributed by atoms with Crippen LogP contribution in [0.15, 0.2) is 0 Å². The first-order valence-electron chi connectivity index (χ1n) is 4.41. The molecule has 14 heavy (non-hydrogen) atoms. The van der Waals surface area contributed by atoms with Gasteiger partial charge < -0.3 is 14.7 Å². The highest BCUT2D eigenvalue weighted by Crippen LogP contribution is 2.14. The summed E-state index contributed by atoms with van der Waals surface area (Å²) < 4.78 is 5.06. The first-order valence-corrected chi connectivity index (χ1v) is 4.41. The number of carboxylic acid groups (broad SMARTS) is 1. The van der Waals surface area contributed by atoms with Crippen molar-refractivity contribution in [3.8, 4) is 0 Å². The van der Waals surface area contributed by atoms with Gasteiger partial charge in [0, 0.05) is 20.6 Å². The van der Waals surface area contributed by atoms with E-state index in [1.54, 1.807) is 6.92 Å². The van der Waals surface area contributed by atoms with Gasteiger partial charge in [-0.15, -0.1) is 0 Å². The van der Waals surface area contributed by atoms with Crippen LogP contribution in [0.1, 0.15) is 20.8 Å². The largest absolute Gasteiger partial charge is 0.479 e. The molecule has 1 unspecified atom stereocenters. The van der Waals surface area contributed by atoms with Gasteiger partial charge in [0.1, 0.15) is 0 Å². The van der Waals surface area contributed by atoms with Gasteiger partial charge >= 0.3 is 5.97 Å². The van der Waals surface area contributed by atoms with Crippen LogP contribution in [-0.4, -0.2) is 47.7 Å². The fourth-order valence-corrected chi connectivity index (χ4v) is 0.950. The third-order valence-electron chi connectivity index (χ3n) is 2.26. The molecule has 82 valence electrons. The molecule has 0 aromatic carbocycles. The molecule has 0 bridgehead atoms. The number of carboxylic acids is 1. The number of rotatable bonds is 5. The Morgan fingerprint density at radius 1 is 1.50 bits per heavy atom. The van der Waals surface area contributed by atoms with E-state index in [-0.39, 0.29) is 12.5 Å². The summed E-state index contributed by atoms with van der Waals surface area (Å²) in [6, 6.07) is 0. The van der Waals surface area contributed by atoms with Gasteiger partial charge in [-0.05, 0) is 13.8 Å². The van der Waals surface area contributed by atoms with Crippen LogP contribution in [-0.2, 0) is 14.3 Å². The molecule has 0 heterocycles. The zero-order chi connectivity index (χ0) is 11.4. The Morgan fingerprint density at radius 2 is 2.00 bits per heavy atom. The molecule has 0 radical (unpaired) electrons. The number of carbonyl (C=O) groups excluding carboxylic acids is 1. The molecule has 5 nitrogen and oxygen atoms in total.